The number of nitrogens with one attached hydrogen (secondary N) is 1. The van der Waals surface area contributed by atoms with Gasteiger partial charge in [-0.1, -0.05) is 30.1 Å². The lowest BCUT2D eigenvalue weighted by molar-refractivity contribution is 0.556. The summed E-state index contributed by atoms with van der Waals surface area (Å²) in [4.78, 5) is 1.37. The number of aryl methyl sites for hydroxylation is 1. The molecule has 0 saturated carbocycles. The molecule has 2 rings (SSSR count). The molecule has 0 aliphatic rings. The van der Waals surface area contributed by atoms with Crippen molar-refractivity contribution < 1.29 is 0 Å². The number of hydrogen-bond donors (Lipinski definition) is 1. The van der Waals surface area contributed by atoms with Gasteiger partial charge >= 0.3 is 0 Å². The highest BCUT2D eigenvalue weighted by molar-refractivity contribution is 7.10. The molecule has 1 nitrogen and oxygen atoms in total. The molecule has 1 atom stereocenters. The highest BCUT2D eigenvalue weighted by Crippen LogP contribution is 2.30. The third kappa shape index (κ3) is 3.73. The van der Waals surface area contributed by atoms with E-state index >= 15 is 0 Å². The number of likely N-dealkylation sites (N-methyl/N-ethyl adjacent to an activating group) is 1. The van der Waals surface area contributed by atoms with Gasteiger partial charge in [-0.3, -0.25) is 0 Å². The first kappa shape index (κ1) is 14.9. The molecule has 0 aliphatic heterocycles. The Hall–Kier alpha value is -0.540. The second-order valence-corrected chi connectivity index (χ2v) is 6.31. The predicted molar refractivity (Wildman–Crippen MR) is 85.6 cm³/mol. The minimum atomic E-state index is 0.293. The minimum absolute atomic E-state index is 0.293. The third-order valence-corrected chi connectivity index (χ3v) is 4.84. The Balaban J connectivity index is 2.26. The number of hydrogen-bond acceptors (Lipinski definition) is 2. The van der Waals surface area contributed by atoms with Crippen molar-refractivity contribution in [1.29, 1.82) is 0 Å². The van der Waals surface area contributed by atoms with Gasteiger partial charge in [-0.25, -0.2) is 0 Å². The van der Waals surface area contributed by atoms with Crippen LogP contribution in [0.3, 0.4) is 0 Å². The lowest BCUT2D eigenvalue weighted by Gasteiger charge is -2.18. The highest BCUT2D eigenvalue weighted by Gasteiger charge is 2.16. The Bertz CT molecular complexity index is 551. The Morgan fingerprint density at radius 3 is 2.68 bits per heavy atom. The molecule has 0 spiro atoms. The van der Waals surface area contributed by atoms with Crippen LogP contribution in [-0.2, 0) is 6.42 Å². The van der Waals surface area contributed by atoms with E-state index in [1.54, 1.807) is 11.3 Å². The first-order chi connectivity index (χ1) is 9.11. The Labute approximate surface area is 128 Å². The van der Waals surface area contributed by atoms with E-state index in [0.29, 0.717) is 6.04 Å². The normalized spacial score (nSPS) is 12.6. The van der Waals surface area contributed by atoms with E-state index in [1.165, 1.54) is 10.4 Å². The van der Waals surface area contributed by atoms with Crippen molar-refractivity contribution in [3.63, 3.8) is 0 Å². The number of benzene rings is 1. The predicted octanol–water partition coefficient (Wildman–Crippen LogP) is 5.26. The molecule has 0 radical (unpaired) electrons. The fourth-order valence-corrected chi connectivity index (χ4v) is 3.56. The molecule has 1 N–H and O–H groups in total. The summed E-state index contributed by atoms with van der Waals surface area (Å²) in [6.07, 6.45) is 0.856. The maximum Gasteiger partial charge on any atom is 0.0458 e. The van der Waals surface area contributed by atoms with E-state index in [4.69, 9.17) is 23.2 Å². The van der Waals surface area contributed by atoms with Crippen LogP contribution in [0, 0.1) is 6.92 Å². The van der Waals surface area contributed by atoms with Gasteiger partial charge in [0.25, 0.3) is 0 Å². The zero-order valence-electron chi connectivity index (χ0n) is 11.0. The summed E-state index contributed by atoms with van der Waals surface area (Å²) in [6, 6.07) is 8.09. The van der Waals surface area contributed by atoms with Crippen molar-refractivity contribution in [2.24, 2.45) is 0 Å². The fraction of sp³-hybridized carbons (Fsp3) is 0.333. The van der Waals surface area contributed by atoms with Crippen LogP contribution < -0.4 is 5.32 Å². The molecule has 0 saturated heterocycles. The van der Waals surface area contributed by atoms with Gasteiger partial charge in [-0.05, 0) is 60.7 Å². The smallest absolute Gasteiger partial charge is 0.0458 e. The Morgan fingerprint density at radius 2 is 2.05 bits per heavy atom. The first-order valence-corrected chi connectivity index (χ1v) is 7.96. The Kier molecular flexibility index (Phi) is 5.28. The van der Waals surface area contributed by atoms with E-state index in [9.17, 15) is 0 Å². The van der Waals surface area contributed by atoms with Gasteiger partial charge in [-0.15, -0.1) is 11.3 Å². The number of thiophene rings is 1. The van der Waals surface area contributed by atoms with Crippen molar-refractivity contribution in [3.05, 3.63) is 55.7 Å². The Morgan fingerprint density at radius 1 is 1.26 bits per heavy atom. The summed E-state index contributed by atoms with van der Waals surface area (Å²) in [5, 5.41) is 7.18. The second-order valence-electron chi connectivity index (χ2n) is 4.52. The third-order valence-electron chi connectivity index (χ3n) is 3.10. The molecule has 0 amide bonds. The summed E-state index contributed by atoms with van der Waals surface area (Å²) in [7, 11) is 0. The van der Waals surface area contributed by atoms with Crippen LogP contribution in [0.4, 0.5) is 0 Å². The average molecular weight is 314 g/mol. The summed E-state index contributed by atoms with van der Waals surface area (Å²) in [5.74, 6) is 0. The summed E-state index contributed by atoms with van der Waals surface area (Å²) < 4.78 is 0. The number of rotatable bonds is 5. The summed E-state index contributed by atoms with van der Waals surface area (Å²) >= 11 is 14.1. The van der Waals surface area contributed by atoms with Crippen molar-refractivity contribution in [2.75, 3.05) is 6.54 Å². The van der Waals surface area contributed by atoms with E-state index < -0.39 is 0 Å². The molecule has 1 aromatic carbocycles. The van der Waals surface area contributed by atoms with E-state index in [2.05, 4.69) is 30.6 Å². The zero-order valence-corrected chi connectivity index (χ0v) is 13.4. The van der Waals surface area contributed by atoms with Gasteiger partial charge in [0.1, 0.15) is 0 Å². The fourth-order valence-electron chi connectivity index (χ4n) is 2.17. The van der Waals surface area contributed by atoms with Gasteiger partial charge < -0.3 is 5.32 Å². The minimum Gasteiger partial charge on any atom is -0.309 e. The highest BCUT2D eigenvalue weighted by atomic mass is 35.5. The zero-order chi connectivity index (χ0) is 13.8. The molecule has 0 bridgehead atoms. The standard InChI is InChI=1S/C15H17Cl2NS/c1-3-18-14(15-10(2)6-7-19-15)9-11-8-12(16)4-5-13(11)17/h4-8,14,18H,3,9H2,1-2H3. The summed E-state index contributed by atoms with van der Waals surface area (Å²) in [6.45, 7) is 5.20. The lowest BCUT2D eigenvalue weighted by atomic mass is 10.0. The van der Waals surface area contributed by atoms with Gasteiger partial charge in [-0.2, -0.15) is 0 Å². The van der Waals surface area contributed by atoms with Crippen molar-refractivity contribution in [2.45, 2.75) is 26.3 Å². The molecule has 1 unspecified atom stereocenters. The molecule has 0 fully saturated rings. The van der Waals surface area contributed by atoms with Crippen LogP contribution in [0.25, 0.3) is 0 Å². The molecule has 0 aliphatic carbocycles. The maximum atomic E-state index is 6.26. The van der Waals surface area contributed by atoms with Crippen molar-refractivity contribution in [1.82, 2.24) is 5.32 Å². The van der Waals surface area contributed by atoms with E-state index in [0.717, 1.165) is 28.6 Å². The van der Waals surface area contributed by atoms with E-state index in [-0.39, 0.29) is 0 Å². The quantitative estimate of drug-likeness (QED) is 0.794. The average Bonchev–Trinajstić information content (AvgIpc) is 2.79. The number of halogens is 2. The van der Waals surface area contributed by atoms with Crippen LogP contribution in [0.5, 0.6) is 0 Å². The molecule has 1 aromatic heterocycles. The summed E-state index contributed by atoms with van der Waals surface area (Å²) in [5.41, 5.74) is 2.42. The molecule has 1 heterocycles. The second kappa shape index (κ2) is 6.76. The van der Waals surface area contributed by atoms with Crippen LogP contribution in [0.2, 0.25) is 10.0 Å². The van der Waals surface area contributed by atoms with Gasteiger partial charge in [0.2, 0.25) is 0 Å². The maximum absolute atomic E-state index is 6.26. The van der Waals surface area contributed by atoms with Crippen molar-refractivity contribution in [3.8, 4) is 0 Å². The van der Waals surface area contributed by atoms with Crippen molar-refractivity contribution >= 4 is 34.5 Å². The van der Waals surface area contributed by atoms with Gasteiger partial charge in [0.15, 0.2) is 0 Å². The molecule has 4 heteroatoms. The van der Waals surface area contributed by atoms with Crippen LogP contribution >= 0.6 is 34.5 Å². The molecular weight excluding hydrogens is 297 g/mol. The largest absolute Gasteiger partial charge is 0.309 e. The lowest BCUT2D eigenvalue weighted by Crippen LogP contribution is -2.22. The van der Waals surface area contributed by atoms with E-state index in [1.807, 2.05) is 18.2 Å². The first-order valence-electron chi connectivity index (χ1n) is 6.33. The van der Waals surface area contributed by atoms with Crippen LogP contribution in [-0.4, -0.2) is 6.54 Å². The topological polar surface area (TPSA) is 12.0 Å². The SMILES string of the molecule is CCNC(Cc1cc(Cl)ccc1Cl)c1sccc1C. The van der Waals surface area contributed by atoms with Crippen LogP contribution in [0.15, 0.2) is 29.6 Å². The van der Waals surface area contributed by atoms with Crippen LogP contribution in [0.1, 0.15) is 29.0 Å². The van der Waals surface area contributed by atoms with Gasteiger partial charge in [0.05, 0.1) is 0 Å². The molecule has 102 valence electrons. The molecule has 19 heavy (non-hydrogen) atoms. The molecular formula is C15H17Cl2NS. The van der Waals surface area contributed by atoms with Gasteiger partial charge in [0, 0.05) is 21.0 Å². The monoisotopic (exact) mass is 313 g/mol. The molecule has 2 aromatic rings.